The largest absolute Gasteiger partial charge is 0.497 e. The number of methoxy groups -OCH3 is 1. The molecule has 0 aliphatic rings. The Balaban J connectivity index is 2.34. The van der Waals surface area contributed by atoms with Crippen molar-refractivity contribution in [1.29, 1.82) is 0 Å². The third-order valence-electron chi connectivity index (χ3n) is 2.26. The average molecular weight is 222 g/mol. The molecule has 1 aromatic carbocycles. The van der Waals surface area contributed by atoms with Gasteiger partial charge in [0, 0.05) is 32.7 Å². The summed E-state index contributed by atoms with van der Waals surface area (Å²) in [4.78, 5) is 12.9. The third-order valence-corrected chi connectivity index (χ3v) is 2.26. The van der Waals surface area contributed by atoms with Crippen molar-refractivity contribution in [3.63, 3.8) is 0 Å². The van der Waals surface area contributed by atoms with Gasteiger partial charge in [0.05, 0.1) is 7.11 Å². The van der Waals surface area contributed by atoms with Crippen molar-refractivity contribution in [2.45, 2.75) is 6.42 Å². The van der Waals surface area contributed by atoms with Crippen LogP contribution in [0.1, 0.15) is 6.42 Å². The summed E-state index contributed by atoms with van der Waals surface area (Å²) in [5, 5.41) is 3.18. The van der Waals surface area contributed by atoms with Crippen molar-refractivity contribution in [2.75, 3.05) is 33.1 Å². The van der Waals surface area contributed by atoms with Gasteiger partial charge in [0.25, 0.3) is 0 Å². The molecule has 1 amide bonds. The number of ether oxygens (including phenoxy) is 1. The Bertz CT molecular complexity index is 333. The van der Waals surface area contributed by atoms with Gasteiger partial charge in [-0.1, -0.05) is 0 Å². The zero-order valence-electron chi connectivity index (χ0n) is 9.99. The van der Waals surface area contributed by atoms with Crippen molar-refractivity contribution in [3.8, 4) is 5.75 Å². The molecule has 1 aromatic rings. The quantitative estimate of drug-likeness (QED) is 0.822. The summed E-state index contributed by atoms with van der Waals surface area (Å²) in [6, 6.07) is 7.63. The lowest BCUT2D eigenvalue weighted by Crippen LogP contribution is -2.23. The van der Waals surface area contributed by atoms with Crippen molar-refractivity contribution < 1.29 is 9.53 Å². The normalized spacial score (nSPS) is 9.69. The molecule has 0 aliphatic carbocycles. The van der Waals surface area contributed by atoms with E-state index in [1.807, 2.05) is 24.3 Å². The maximum atomic E-state index is 11.3. The van der Waals surface area contributed by atoms with Crippen LogP contribution in [0.2, 0.25) is 0 Å². The Hall–Kier alpha value is -1.71. The lowest BCUT2D eigenvalue weighted by Gasteiger charge is -2.11. The highest BCUT2D eigenvalue weighted by Gasteiger charge is 2.02. The second-order valence-corrected chi connectivity index (χ2v) is 3.69. The summed E-state index contributed by atoms with van der Waals surface area (Å²) in [6.45, 7) is 0.642. The molecular formula is C12H18N2O2. The smallest absolute Gasteiger partial charge is 0.223 e. The number of anilines is 1. The number of carbonyl (C=O) groups is 1. The monoisotopic (exact) mass is 222 g/mol. The molecule has 0 spiro atoms. The van der Waals surface area contributed by atoms with Gasteiger partial charge < -0.3 is 15.0 Å². The lowest BCUT2D eigenvalue weighted by molar-refractivity contribution is -0.128. The van der Waals surface area contributed by atoms with E-state index in [-0.39, 0.29) is 5.91 Å². The highest BCUT2D eigenvalue weighted by molar-refractivity contribution is 5.76. The van der Waals surface area contributed by atoms with E-state index in [1.165, 1.54) is 0 Å². The van der Waals surface area contributed by atoms with Crippen LogP contribution in [0.15, 0.2) is 24.3 Å². The van der Waals surface area contributed by atoms with Gasteiger partial charge in [-0.05, 0) is 24.3 Å². The molecule has 0 fully saturated rings. The van der Waals surface area contributed by atoms with Gasteiger partial charge >= 0.3 is 0 Å². The number of carbonyl (C=O) groups excluding carboxylic acids is 1. The summed E-state index contributed by atoms with van der Waals surface area (Å²) in [5.41, 5.74) is 0.993. The fourth-order valence-electron chi connectivity index (χ4n) is 1.25. The molecule has 4 heteroatoms. The minimum atomic E-state index is 0.126. The fraction of sp³-hybridized carbons (Fsp3) is 0.417. The molecule has 16 heavy (non-hydrogen) atoms. The van der Waals surface area contributed by atoms with Crippen LogP contribution in [0.3, 0.4) is 0 Å². The number of hydrogen-bond donors (Lipinski definition) is 1. The number of hydrogen-bond acceptors (Lipinski definition) is 3. The van der Waals surface area contributed by atoms with E-state index >= 15 is 0 Å². The first kappa shape index (κ1) is 12.4. The number of rotatable bonds is 5. The molecule has 0 aromatic heterocycles. The van der Waals surface area contributed by atoms with E-state index in [1.54, 1.807) is 26.1 Å². The standard InChI is InChI=1S/C12H18N2O2/c1-14(2)12(15)8-9-13-10-4-6-11(16-3)7-5-10/h4-7,13H,8-9H2,1-3H3. The molecule has 0 saturated carbocycles. The Kier molecular flexibility index (Phi) is 4.64. The van der Waals surface area contributed by atoms with Crippen molar-refractivity contribution >= 4 is 11.6 Å². The Labute approximate surface area is 96.2 Å². The zero-order chi connectivity index (χ0) is 12.0. The minimum absolute atomic E-state index is 0.126. The molecule has 0 bridgehead atoms. The van der Waals surface area contributed by atoms with Crippen molar-refractivity contribution in [3.05, 3.63) is 24.3 Å². The van der Waals surface area contributed by atoms with E-state index in [2.05, 4.69) is 5.32 Å². The molecule has 1 N–H and O–H groups in total. The van der Waals surface area contributed by atoms with Crippen LogP contribution in [0.5, 0.6) is 5.75 Å². The van der Waals surface area contributed by atoms with E-state index in [0.717, 1.165) is 11.4 Å². The molecule has 0 saturated heterocycles. The van der Waals surface area contributed by atoms with Crippen LogP contribution in [0.25, 0.3) is 0 Å². The Morgan fingerprint density at radius 3 is 2.44 bits per heavy atom. The second kappa shape index (κ2) is 6.00. The fourth-order valence-corrected chi connectivity index (χ4v) is 1.25. The maximum Gasteiger partial charge on any atom is 0.223 e. The summed E-state index contributed by atoms with van der Waals surface area (Å²) in [6.07, 6.45) is 0.499. The molecule has 4 nitrogen and oxygen atoms in total. The van der Waals surface area contributed by atoms with E-state index in [4.69, 9.17) is 4.74 Å². The predicted octanol–water partition coefficient (Wildman–Crippen LogP) is 1.59. The molecule has 0 radical (unpaired) electrons. The van der Waals surface area contributed by atoms with Gasteiger partial charge in [-0.2, -0.15) is 0 Å². The summed E-state index contributed by atoms with van der Waals surface area (Å²) < 4.78 is 5.05. The molecule has 0 aliphatic heterocycles. The second-order valence-electron chi connectivity index (χ2n) is 3.69. The molecule has 1 rings (SSSR count). The minimum Gasteiger partial charge on any atom is -0.497 e. The van der Waals surface area contributed by atoms with Gasteiger partial charge in [0.1, 0.15) is 5.75 Å². The van der Waals surface area contributed by atoms with Crippen LogP contribution in [0, 0.1) is 0 Å². The number of amides is 1. The van der Waals surface area contributed by atoms with Gasteiger partial charge in [-0.3, -0.25) is 4.79 Å². The maximum absolute atomic E-state index is 11.3. The topological polar surface area (TPSA) is 41.6 Å². The van der Waals surface area contributed by atoms with Gasteiger partial charge in [-0.15, -0.1) is 0 Å². The van der Waals surface area contributed by atoms with E-state index in [0.29, 0.717) is 13.0 Å². The zero-order valence-corrected chi connectivity index (χ0v) is 9.99. The highest BCUT2D eigenvalue weighted by atomic mass is 16.5. The Morgan fingerprint density at radius 2 is 1.94 bits per heavy atom. The van der Waals surface area contributed by atoms with Crippen LogP contribution in [-0.4, -0.2) is 38.6 Å². The van der Waals surface area contributed by atoms with Crippen molar-refractivity contribution in [2.24, 2.45) is 0 Å². The summed E-state index contributed by atoms with van der Waals surface area (Å²) in [7, 11) is 5.16. The third kappa shape index (κ3) is 3.81. The predicted molar refractivity (Wildman–Crippen MR) is 64.8 cm³/mol. The molecule has 0 atom stereocenters. The van der Waals surface area contributed by atoms with Crippen LogP contribution < -0.4 is 10.1 Å². The van der Waals surface area contributed by atoms with Crippen LogP contribution in [0.4, 0.5) is 5.69 Å². The first-order valence-electron chi connectivity index (χ1n) is 5.21. The highest BCUT2D eigenvalue weighted by Crippen LogP contribution is 2.14. The summed E-state index contributed by atoms with van der Waals surface area (Å²) in [5.74, 6) is 0.955. The Morgan fingerprint density at radius 1 is 1.31 bits per heavy atom. The van der Waals surface area contributed by atoms with Crippen LogP contribution >= 0.6 is 0 Å². The van der Waals surface area contributed by atoms with E-state index < -0.39 is 0 Å². The first-order valence-corrected chi connectivity index (χ1v) is 5.21. The number of nitrogens with one attached hydrogen (secondary N) is 1. The molecule has 0 heterocycles. The van der Waals surface area contributed by atoms with Gasteiger partial charge in [0.2, 0.25) is 5.91 Å². The van der Waals surface area contributed by atoms with E-state index in [9.17, 15) is 4.79 Å². The average Bonchev–Trinajstić information content (AvgIpc) is 2.29. The first-order chi connectivity index (χ1) is 7.63. The van der Waals surface area contributed by atoms with Crippen molar-refractivity contribution in [1.82, 2.24) is 4.90 Å². The van der Waals surface area contributed by atoms with Crippen LogP contribution in [-0.2, 0) is 4.79 Å². The summed E-state index contributed by atoms with van der Waals surface area (Å²) >= 11 is 0. The SMILES string of the molecule is COc1ccc(NCCC(=O)N(C)C)cc1. The number of benzene rings is 1. The molecular weight excluding hydrogens is 204 g/mol. The number of nitrogens with zero attached hydrogens (tertiary/aromatic N) is 1. The van der Waals surface area contributed by atoms with Gasteiger partial charge in [-0.25, -0.2) is 0 Å². The van der Waals surface area contributed by atoms with Gasteiger partial charge in [0.15, 0.2) is 0 Å². The molecule has 0 unspecified atom stereocenters. The lowest BCUT2D eigenvalue weighted by atomic mass is 10.3. The molecule has 88 valence electrons.